The molecule has 6 nitrogen and oxygen atoms in total. The van der Waals surface area contributed by atoms with Gasteiger partial charge >= 0.3 is 0 Å². The first-order valence-corrected chi connectivity index (χ1v) is 6.47. The molecule has 0 bridgehead atoms. The Morgan fingerprint density at radius 3 is 3.05 bits per heavy atom. The van der Waals surface area contributed by atoms with Crippen LogP contribution >= 0.6 is 15.9 Å². The molecule has 0 aliphatic heterocycles. The molecule has 0 spiro atoms. The van der Waals surface area contributed by atoms with Gasteiger partial charge in [0.15, 0.2) is 11.3 Å². The summed E-state index contributed by atoms with van der Waals surface area (Å²) in [4.78, 5) is 3.99. The second-order valence-corrected chi connectivity index (χ2v) is 4.90. The zero-order valence-corrected chi connectivity index (χ0v) is 11.7. The molecule has 0 unspecified atom stereocenters. The van der Waals surface area contributed by atoms with Gasteiger partial charge in [-0.1, -0.05) is 12.1 Å². The van der Waals surface area contributed by atoms with Crippen LogP contribution in [0.1, 0.15) is 5.56 Å². The summed E-state index contributed by atoms with van der Waals surface area (Å²) in [5.41, 5.74) is 6.88. The first kappa shape index (κ1) is 12.8. The van der Waals surface area contributed by atoms with Gasteiger partial charge in [-0.05, 0) is 22.0 Å². The smallest absolute Gasteiger partial charge is 0.207 e. The molecule has 0 aliphatic carbocycles. The number of aromatic nitrogens is 4. The number of hydrogen-bond donors (Lipinski definition) is 2. The number of anilines is 1. The molecule has 0 fully saturated rings. The minimum atomic E-state index is -0.356. The van der Waals surface area contributed by atoms with E-state index in [-0.39, 0.29) is 18.2 Å². The predicted octanol–water partition coefficient (Wildman–Crippen LogP) is 2.42. The van der Waals surface area contributed by atoms with Gasteiger partial charge in [0.1, 0.15) is 18.2 Å². The van der Waals surface area contributed by atoms with Crippen LogP contribution in [0.15, 0.2) is 28.7 Å². The Morgan fingerprint density at radius 1 is 1.35 bits per heavy atom. The summed E-state index contributed by atoms with van der Waals surface area (Å²) in [6.07, 6.45) is 0. The van der Waals surface area contributed by atoms with E-state index >= 15 is 0 Å². The number of nitrogen functional groups attached to an aromatic ring is 1. The van der Waals surface area contributed by atoms with Crippen molar-refractivity contribution in [1.29, 1.82) is 0 Å². The molecule has 8 heteroatoms. The third-order valence-corrected chi connectivity index (χ3v) is 3.30. The average molecular weight is 338 g/mol. The zero-order valence-electron chi connectivity index (χ0n) is 10.1. The fourth-order valence-corrected chi connectivity index (χ4v) is 2.16. The largest absolute Gasteiger partial charge is 0.486 e. The molecule has 0 saturated heterocycles. The minimum Gasteiger partial charge on any atom is -0.486 e. The second kappa shape index (κ2) is 5.04. The van der Waals surface area contributed by atoms with Crippen LogP contribution in [-0.2, 0) is 6.61 Å². The summed E-state index contributed by atoms with van der Waals surface area (Å²) < 4.78 is 19.8. The maximum absolute atomic E-state index is 13.8. The van der Waals surface area contributed by atoms with E-state index in [0.29, 0.717) is 26.9 Å². The van der Waals surface area contributed by atoms with Crippen LogP contribution in [0.4, 0.5) is 10.2 Å². The lowest BCUT2D eigenvalue weighted by molar-refractivity contribution is 0.302. The van der Waals surface area contributed by atoms with Crippen molar-refractivity contribution in [2.24, 2.45) is 0 Å². The van der Waals surface area contributed by atoms with Crippen molar-refractivity contribution in [3.63, 3.8) is 0 Å². The Balaban J connectivity index is 1.90. The number of hydrogen-bond acceptors (Lipinski definition) is 5. The predicted molar refractivity (Wildman–Crippen MR) is 74.5 cm³/mol. The summed E-state index contributed by atoms with van der Waals surface area (Å²) >= 11 is 3.13. The van der Waals surface area contributed by atoms with E-state index in [2.05, 4.69) is 36.3 Å². The van der Waals surface area contributed by atoms with Crippen molar-refractivity contribution in [3.8, 4) is 5.75 Å². The summed E-state index contributed by atoms with van der Waals surface area (Å²) in [7, 11) is 0. The number of nitrogens with zero attached hydrogens (tertiary/aromatic N) is 3. The van der Waals surface area contributed by atoms with Crippen LogP contribution in [0, 0.1) is 5.82 Å². The van der Waals surface area contributed by atoms with Gasteiger partial charge in [-0.2, -0.15) is 10.3 Å². The van der Waals surface area contributed by atoms with Gasteiger partial charge < -0.3 is 10.5 Å². The molecule has 20 heavy (non-hydrogen) atoms. The Hall–Kier alpha value is -2.22. The van der Waals surface area contributed by atoms with Crippen LogP contribution < -0.4 is 10.5 Å². The summed E-state index contributed by atoms with van der Waals surface area (Å²) in [5.74, 6) is 0.308. The highest BCUT2D eigenvalue weighted by molar-refractivity contribution is 9.10. The molecule has 0 radical (unpaired) electrons. The Labute approximate surface area is 121 Å². The van der Waals surface area contributed by atoms with Crippen LogP contribution in [0.5, 0.6) is 5.75 Å². The molecule has 3 aromatic rings. The van der Waals surface area contributed by atoms with Gasteiger partial charge in [-0.15, -0.1) is 5.10 Å². The molecule has 2 aromatic heterocycles. The van der Waals surface area contributed by atoms with E-state index in [1.165, 1.54) is 6.07 Å². The number of halogens is 2. The van der Waals surface area contributed by atoms with Crippen LogP contribution in [0.2, 0.25) is 0 Å². The van der Waals surface area contributed by atoms with E-state index in [1.54, 1.807) is 18.2 Å². The van der Waals surface area contributed by atoms with Gasteiger partial charge in [-0.3, -0.25) is 0 Å². The normalized spacial score (nSPS) is 10.9. The van der Waals surface area contributed by atoms with Gasteiger partial charge in [0, 0.05) is 11.6 Å². The monoisotopic (exact) mass is 337 g/mol. The number of benzene rings is 1. The van der Waals surface area contributed by atoms with E-state index in [1.807, 2.05) is 0 Å². The molecule has 0 atom stereocenters. The number of nitrogens with one attached hydrogen (secondary N) is 1. The molecule has 0 amide bonds. The molecule has 2 heterocycles. The number of fused-ring (bicyclic) bond motifs is 1. The van der Waals surface area contributed by atoms with Crippen LogP contribution in [0.3, 0.4) is 0 Å². The summed E-state index contributed by atoms with van der Waals surface area (Å²) in [6, 6.07) is 6.53. The Bertz CT molecular complexity index is 776. The summed E-state index contributed by atoms with van der Waals surface area (Å²) in [6.45, 7) is 0.0523. The number of rotatable bonds is 3. The van der Waals surface area contributed by atoms with E-state index in [9.17, 15) is 4.39 Å². The van der Waals surface area contributed by atoms with Crippen molar-refractivity contribution in [2.75, 3.05) is 5.73 Å². The molecular formula is C12H9BrFN5O. The fourth-order valence-electron chi connectivity index (χ4n) is 1.75. The Kier molecular flexibility index (Phi) is 3.23. The number of H-pyrrole nitrogens is 1. The molecule has 3 N–H and O–H groups in total. The molecule has 0 saturated carbocycles. The van der Waals surface area contributed by atoms with E-state index in [0.717, 1.165) is 0 Å². The van der Waals surface area contributed by atoms with Crippen molar-refractivity contribution in [1.82, 2.24) is 20.4 Å². The topological polar surface area (TPSA) is 89.7 Å². The quantitative estimate of drug-likeness (QED) is 0.765. The maximum atomic E-state index is 13.8. The molecular weight excluding hydrogens is 329 g/mol. The van der Waals surface area contributed by atoms with E-state index in [4.69, 9.17) is 10.5 Å². The van der Waals surface area contributed by atoms with Crippen LogP contribution in [0.25, 0.3) is 11.2 Å². The van der Waals surface area contributed by atoms with Crippen molar-refractivity contribution >= 4 is 32.9 Å². The second-order valence-electron chi connectivity index (χ2n) is 4.04. The SMILES string of the molecule is Nc1cc(OCc2cccc(Br)c2F)c2n[nH]nc2n1. The molecule has 3 rings (SSSR count). The molecule has 0 aliphatic rings. The average Bonchev–Trinajstić information content (AvgIpc) is 2.88. The number of ether oxygens (including phenoxy) is 1. The van der Waals surface area contributed by atoms with Gasteiger partial charge in [0.05, 0.1) is 4.47 Å². The zero-order chi connectivity index (χ0) is 14.1. The first-order chi connectivity index (χ1) is 9.65. The fraction of sp³-hybridized carbons (Fsp3) is 0.0833. The highest BCUT2D eigenvalue weighted by Gasteiger charge is 2.11. The first-order valence-electron chi connectivity index (χ1n) is 5.68. The molecule has 102 valence electrons. The van der Waals surface area contributed by atoms with E-state index < -0.39 is 0 Å². The lowest BCUT2D eigenvalue weighted by Crippen LogP contribution is -2.01. The van der Waals surface area contributed by atoms with Crippen molar-refractivity contribution in [3.05, 3.63) is 40.1 Å². The number of pyridine rings is 1. The number of nitrogens with two attached hydrogens (primary N) is 1. The highest BCUT2D eigenvalue weighted by atomic mass is 79.9. The van der Waals surface area contributed by atoms with Gasteiger partial charge in [0.2, 0.25) is 5.65 Å². The standard InChI is InChI=1S/C12H9BrFN5O/c13-7-3-1-2-6(10(7)14)5-20-8-4-9(15)16-12-11(8)17-19-18-12/h1-4H,5H2,(H3,15,16,17,18,19). The Morgan fingerprint density at radius 2 is 2.20 bits per heavy atom. The maximum Gasteiger partial charge on any atom is 0.207 e. The van der Waals surface area contributed by atoms with Crippen molar-refractivity contribution in [2.45, 2.75) is 6.61 Å². The van der Waals surface area contributed by atoms with Gasteiger partial charge in [0.25, 0.3) is 0 Å². The van der Waals surface area contributed by atoms with Crippen LogP contribution in [-0.4, -0.2) is 20.4 Å². The minimum absolute atomic E-state index is 0.0523. The lowest BCUT2D eigenvalue weighted by atomic mass is 10.2. The lowest BCUT2D eigenvalue weighted by Gasteiger charge is -2.08. The highest BCUT2D eigenvalue weighted by Crippen LogP contribution is 2.25. The van der Waals surface area contributed by atoms with Gasteiger partial charge in [-0.25, -0.2) is 9.37 Å². The number of aromatic amines is 1. The van der Waals surface area contributed by atoms with Crippen molar-refractivity contribution < 1.29 is 9.13 Å². The third kappa shape index (κ3) is 2.29. The third-order valence-electron chi connectivity index (χ3n) is 2.69. The molecule has 1 aromatic carbocycles. The summed E-state index contributed by atoms with van der Waals surface area (Å²) in [5, 5.41) is 10.2.